The van der Waals surface area contributed by atoms with E-state index in [9.17, 15) is 14.7 Å². The Morgan fingerprint density at radius 2 is 1.39 bits per heavy atom. The van der Waals surface area contributed by atoms with Crippen molar-refractivity contribution in [3.8, 4) is 16.9 Å². The van der Waals surface area contributed by atoms with Crippen LogP contribution in [-0.2, 0) is 6.54 Å². The summed E-state index contributed by atoms with van der Waals surface area (Å²) in [7, 11) is 1.60. The molecule has 5 heteroatoms. The SMILES string of the molecule is COc1cccc(CN(C(=O)c2ccc(-c3ccccc3)cc2)c2ccc(C(=O)O)cc2)c1. The smallest absolute Gasteiger partial charge is 0.335 e. The van der Waals surface area contributed by atoms with Crippen molar-refractivity contribution in [2.75, 3.05) is 12.0 Å². The van der Waals surface area contributed by atoms with Gasteiger partial charge in [-0.3, -0.25) is 4.79 Å². The van der Waals surface area contributed by atoms with Crippen LogP contribution in [0.25, 0.3) is 11.1 Å². The lowest BCUT2D eigenvalue weighted by Gasteiger charge is -2.24. The second-order valence-electron chi connectivity index (χ2n) is 7.54. The first-order valence-electron chi connectivity index (χ1n) is 10.5. The summed E-state index contributed by atoms with van der Waals surface area (Å²) in [6, 6.07) is 31.3. The van der Waals surface area contributed by atoms with Crippen LogP contribution in [0, 0.1) is 0 Å². The van der Waals surface area contributed by atoms with Gasteiger partial charge in [-0.15, -0.1) is 0 Å². The van der Waals surface area contributed by atoms with E-state index in [4.69, 9.17) is 4.74 Å². The fourth-order valence-corrected chi connectivity index (χ4v) is 3.61. The number of rotatable bonds is 7. The number of hydrogen-bond donors (Lipinski definition) is 1. The van der Waals surface area contributed by atoms with Gasteiger partial charge < -0.3 is 14.7 Å². The van der Waals surface area contributed by atoms with Gasteiger partial charge in [0.05, 0.1) is 19.2 Å². The molecule has 1 N–H and O–H groups in total. The molecule has 1 amide bonds. The Morgan fingerprint density at radius 1 is 0.758 bits per heavy atom. The van der Waals surface area contributed by atoms with Crippen LogP contribution in [0.4, 0.5) is 5.69 Å². The van der Waals surface area contributed by atoms with Crippen LogP contribution in [0.15, 0.2) is 103 Å². The zero-order valence-electron chi connectivity index (χ0n) is 18.1. The summed E-state index contributed by atoms with van der Waals surface area (Å²) in [6.45, 7) is 0.308. The predicted octanol–water partition coefficient (Wildman–Crippen LogP) is 5.91. The van der Waals surface area contributed by atoms with Crippen molar-refractivity contribution in [3.63, 3.8) is 0 Å². The number of anilines is 1. The van der Waals surface area contributed by atoms with Gasteiger partial charge in [-0.25, -0.2) is 4.79 Å². The number of carbonyl (C=O) groups excluding carboxylic acids is 1. The van der Waals surface area contributed by atoms with Gasteiger partial charge in [0.1, 0.15) is 5.75 Å². The van der Waals surface area contributed by atoms with E-state index >= 15 is 0 Å². The molecule has 0 saturated heterocycles. The summed E-state index contributed by atoms with van der Waals surface area (Å²) < 4.78 is 5.32. The Balaban J connectivity index is 1.67. The van der Waals surface area contributed by atoms with Crippen LogP contribution >= 0.6 is 0 Å². The quantitative estimate of drug-likeness (QED) is 0.390. The molecular weight excluding hydrogens is 414 g/mol. The van der Waals surface area contributed by atoms with Crippen molar-refractivity contribution in [2.24, 2.45) is 0 Å². The van der Waals surface area contributed by atoms with E-state index in [1.807, 2.05) is 78.9 Å². The highest BCUT2D eigenvalue weighted by Crippen LogP contribution is 2.25. The fourth-order valence-electron chi connectivity index (χ4n) is 3.61. The maximum atomic E-state index is 13.5. The number of carbonyl (C=O) groups is 2. The summed E-state index contributed by atoms with van der Waals surface area (Å²) in [6.07, 6.45) is 0. The Morgan fingerprint density at radius 3 is 2.03 bits per heavy atom. The molecule has 0 spiro atoms. The Labute approximate surface area is 192 Å². The topological polar surface area (TPSA) is 66.8 Å². The minimum Gasteiger partial charge on any atom is -0.497 e. The van der Waals surface area contributed by atoms with Crippen molar-refractivity contribution in [3.05, 3.63) is 120 Å². The second-order valence-corrected chi connectivity index (χ2v) is 7.54. The van der Waals surface area contributed by atoms with Gasteiger partial charge in [-0.1, -0.05) is 54.6 Å². The maximum Gasteiger partial charge on any atom is 0.335 e. The zero-order chi connectivity index (χ0) is 23.2. The molecule has 0 atom stereocenters. The number of aromatic carboxylic acids is 1. The first-order chi connectivity index (χ1) is 16.0. The van der Waals surface area contributed by atoms with Crippen LogP contribution in [0.1, 0.15) is 26.3 Å². The molecule has 0 fully saturated rings. The minimum atomic E-state index is -1.01. The average molecular weight is 437 g/mol. The van der Waals surface area contributed by atoms with Gasteiger partial charge in [0, 0.05) is 11.3 Å². The van der Waals surface area contributed by atoms with Gasteiger partial charge >= 0.3 is 5.97 Å². The highest BCUT2D eigenvalue weighted by atomic mass is 16.5. The molecule has 0 aromatic heterocycles. The number of nitrogens with zero attached hydrogens (tertiary/aromatic N) is 1. The zero-order valence-corrected chi connectivity index (χ0v) is 18.1. The Bertz CT molecular complexity index is 1250. The molecule has 0 aliphatic rings. The van der Waals surface area contributed by atoms with Crippen molar-refractivity contribution in [2.45, 2.75) is 6.54 Å². The third-order valence-corrected chi connectivity index (χ3v) is 5.38. The van der Waals surface area contributed by atoms with Gasteiger partial charge in [0.25, 0.3) is 5.91 Å². The number of benzene rings is 4. The van der Waals surface area contributed by atoms with Crippen LogP contribution < -0.4 is 9.64 Å². The monoisotopic (exact) mass is 437 g/mol. The standard InChI is InChI=1S/C28H23NO4/c1-33-26-9-5-6-20(18-26)19-29(25-16-14-24(15-17-25)28(31)32)27(30)23-12-10-22(11-13-23)21-7-3-2-4-8-21/h2-18H,19H2,1H3,(H,31,32). The molecule has 33 heavy (non-hydrogen) atoms. The molecule has 0 radical (unpaired) electrons. The molecule has 0 aliphatic heterocycles. The summed E-state index contributed by atoms with van der Waals surface area (Å²) >= 11 is 0. The van der Waals surface area contributed by atoms with Crippen molar-refractivity contribution in [1.82, 2.24) is 0 Å². The third-order valence-electron chi connectivity index (χ3n) is 5.38. The first-order valence-corrected chi connectivity index (χ1v) is 10.5. The lowest BCUT2D eigenvalue weighted by Crippen LogP contribution is -2.30. The van der Waals surface area contributed by atoms with Gasteiger partial charge in [0.2, 0.25) is 0 Å². The van der Waals surface area contributed by atoms with Crippen LogP contribution in [0.2, 0.25) is 0 Å². The fraction of sp³-hybridized carbons (Fsp3) is 0.0714. The van der Waals surface area contributed by atoms with Gasteiger partial charge in [0.15, 0.2) is 0 Å². The first kappa shape index (κ1) is 21.8. The van der Waals surface area contributed by atoms with Crippen molar-refractivity contribution >= 4 is 17.6 Å². The molecule has 0 bridgehead atoms. The number of hydrogen-bond acceptors (Lipinski definition) is 3. The maximum absolute atomic E-state index is 13.5. The molecule has 164 valence electrons. The highest BCUT2D eigenvalue weighted by Gasteiger charge is 2.19. The minimum absolute atomic E-state index is 0.166. The second kappa shape index (κ2) is 9.83. The number of methoxy groups -OCH3 is 1. The molecular formula is C28H23NO4. The van der Waals surface area contributed by atoms with Gasteiger partial charge in [-0.05, 0) is 65.2 Å². The number of carboxylic acid groups (broad SMARTS) is 1. The predicted molar refractivity (Wildman–Crippen MR) is 129 cm³/mol. The molecule has 0 heterocycles. The molecule has 4 aromatic carbocycles. The summed E-state index contributed by atoms with van der Waals surface area (Å²) in [5.74, 6) is -0.488. The van der Waals surface area contributed by atoms with Crippen LogP contribution in [0.5, 0.6) is 5.75 Å². The van der Waals surface area contributed by atoms with E-state index in [2.05, 4.69) is 0 Å². The van der Waals surface area contributed by atoms with E-state index in [0.29, 0.717) is 23.5 Å². The van der Waals surface area contributed by atoms with E-state index in [-0.39, 0.29) is 11.5 Å². The third kappa shape index (κ3) is 5.10. The summed E-state index contributed by atoms with van der Waals surface area (Å²) in [5.41, 5.74) is 4.32. The highest BCUT2D eigenvalue weighted by molar-refractivity contribution is 6.06. The molecule has 5 nitrogen and oxygen atoms in total. The normalized spacial score (nSPS) is 10.5. The number of carboxylic acids is 1. The molecule has 0 saturated carbocycles. The average Bonchev–Trinajstić information content (AvgIpc) is 2.87. The molecule has 0 aliphatic carbocycles. The number of amides is 1. The Kier molecular flexibility index (Phi) is 6.51. The largest absolute Gasteiger partial charge is 0.497 e. The number of ether oxygens (including phenoxy) is 1. The van der Waals surface area contributed by atoms with E-state index in [1.165, 1.54) is 12.1 Å². The van der Waals surface area contributed by atoms with Crippen LogP contribution in [-0.4, -0.2) is 24.1 Å². The molecule has 4 aromatic rings. The molecule has 4 rings (SSSR count). The van der Waals surface area contributed by atoms with E-state index < -0.39 is 5.97 Å². The summed E-state index contributed by atoms with van der Waals surface area (Å²) in [5, 5.41) is 9.22. The lowest BCUT2D eigenvalue weighted by atomic mass is 10.0. The van der Waals surface area contributed by atoms with Crippen molar-refractivity contribution < 1.29 is 19.4 Å². The van der Waals surface area contributed by atoms with E-state index in [1.54, 1.807) is 24.1 Å². The van der Waals surface area contributed by atoms with Crippen LogP contribution in [0.3, 0.4) is 0 Å². The summed E-state index contributed by atoms with van der Waals surface area (Å²) in [4.78, 5) is 26.4. The lowest BCUT2D eigenvalue weighted by molar-refractivity contribution is 0.0696. The van der Waals surface area contributed by atoms with E-state index in [0.717, 1.165) is 16.7 Å². The van der Waals surface area contributed by atoms with Gasteiger partial charge in [-0.2, -0.15) is 0 Å². The van der Waals surface area contributed by atoms with Crippen molar-refractivity contribution in [1.29, 1.82) is 0 Å². The Hall–Kier alpha value is -4.38. The molecule has 0 unspecified atom stereocenters.